The van der Waals surface area contributed by atoms with Crippen molar-refractivity contribution in [3.63, 3.8) is 0 Å². The molecule has 0 saturated carbocycles. The van der Waals surface area contributed by atoms with Crippen LogP contribution in [0.15, 0.2) is 27.7 Å². The summed E-state index contributed by atoms with van der Waals surface area (Å²) < 4.78 is 15.6. The highest BCUT2D eigenvalue weighted by molar-refractivity contribution is 14.0. The molecule has 26 heavy (non-hydrogen) atoms. The maximum Gasteiger partial charge on any atom is 0.228 e. The fourth-order valence-corrected chi connectivity index (χ4v) is 2.31. The van der Waals surface area contributed by atoms with Gasteiger partial charge in [-0.2, -0.15) is 4.98 Å². The van der Waals surface area contributed by atoms with Crippen LogP contribution in [0.1, 0.15) is 17.3 Å². The monoisotopic (exact) mass is 475 g/mol. The average molecular weight is 475 g/mol. The number of rotatable bonds is 8. The third-order valence-electron chi connectivity index (χ3n) is 3.58. The first-order chi connectivity index (χ1) is 12.2. The number of halogens is 1. The highest BCUT2D eigenvalue weighted by Crippen LogP contribution is 2.27. The number of aliphatic imine (C=N–C) groups is 1. The molecule has 1 aromatic carbocycles. The van der Waals surface area contributed by atoms with Crippen molar-refractivity contribution < 1.29 is 14.0 Å². The van der Waals surface area contributed by atoms with E-state index in [-0.39, 0.29) is 24.0 Å². The normalized spacial score (nSPS) is 10.8. The lowest BCUT2D eigenvalue weighted by atomic mass is 10.1. The van der Waals surface area contributed by atoms with Crippen LogP contribution in [-0.4, -0.2) is 50.5 Å². The quantitative estimate of drug-likeness (QED) is 0.343. The van der Waals surface area contributed by atoms with Crippen molar-refractivity contribution in [2.24, 2.45) is 4.99 Å². The molecule has 0 atom stereocenters. The molecule has 0 radical (unpaired) electrons. The molecule has 9 heteroatoms. The summed E-state index contributed by atoms with van der Waals surface area (Å²) in [7, 11) is 5.00. The number of aromatic nitrogens is 2. The smallest absolute Gasteiger partial charge is 0.228 e. The maximum atomic E-state index is 5.32. The predicted molar refractivity (Wildman–Crippen MR) is 111 cm³/mol. The summed E-state index contributed by atoms with van der Waals surface area (Å²) in [5, 5.41) is 10.3. The molecular formula is C17H26IN5O3. The van der Waals surface area contributed by atoms with Crippen LogP contribution in [0.5, 0.6) is 11.5 Å². The van der Waals surface area contributed by atoms with Crippen molar-refractivity contribution in [3.05, 3.63) is 35.5 Å². The molecule has 1 aromatic heterocycles. The van der Waals surface area contributed by atoms with Gasteiger partial charge >= 0.3 is 0 Å². The number of aryl methyl sites for hydroxylation is 1. The van der Waals surface area contributed by atoms with Crippen LogP contribution in [0.3, 0.4) is 0 Å². The van der Waals surface area contributed by atoms with Gasteiger partial charge in [-0.15, -0.1) is 24.0 Å². The fraction of sp³-hybridized carbons (Fsp3) is 0.471. The Morgan fingerprint density at radius 3 is 2.38 bits per heavy atom. The molecule has 0 aliphatic carbocycles. The summed E-state index contributed by atoms with van der Waals surface area (Å²) in [6.07, 6.45) is 1.49. The number of guanidine groups is 1. The molecule has 0 aliphatic rings. The number of hydrogen-bond acceptors (Lipinski definition) is 6. The van der Waals surface area contributed by atoms with E-state index in [2.05, 4.69) is 25.8 Å². The molecular weight excluding hydrogens is 449 g/mol. The summed E-state index contributed by atoms with van der Waals surface area (Å²) in [6, 6.07) is 5.92. The Kier molecular flexibility index (Phi) is 9.78. The van der Waals surface area contributed by atoms with Crippen LogP contribution >= 0.6 is 24.0 Å². The second-order valence-electron chi connectivity index (χ2n) is 5.35. The molecule has 0 amide bonds. The molecule has 1 heterocycles. The van der Waals surface area contributed by atoms with Crippen molar-refractivity contribution in [1.29, 1.82) is 0 Å². The van der Waals surface area contributed by atoms with E-state index < -0.39 is 0 Å². The summed E-state index contributed by atoms with van der Waals surface area (Å²) in [5.41, 5.74) is 1.15. The van der Waals surface area contributed by atoms with E-state index >= 15 is 0 Å². The Morgan fingerprint density at radius 2 is 1.81 bits per heavy atom. The zero-order valence-corrected chi connectivity index (χ0v) is 17.9. The number of nitrogens with one attached hydrogen (secondary N) is 2. The van der Waals surface area contributed by atoms with Gasteiger partial charge in [0, 0.05) is 26.6 Å². The Morgan fingerprint density at radius 1 is 1.12 bits per heavy atom. The van der Waals surface area contributed by atoms with Gasteiger partial charge in [-0.3, -0.25) is 4.99 Å². The van der Waals surface area contributed by atoms with Crippen LogP contribution in [0, 0.1) is 6.92 Å². The summed E-state index contributed by atoms with van der Waals surface area (Å²) in [4.78, 5) is 8.37. The minimum absolute atomic E-state index is 0. The molecule has 0 saturated heterocycles. The maximum absolute atomic E-state index is 5.32. The van der Waals surface area contributed by atoms with Gasteiger partial charge in [-0.25, -0.2) is 0 Å². The second kappa shape index (κ2) is 11.6. The molecule has 144 valence electrons. The first-order valence-corrected chi connectivity index (χ1v) is 8.11. The second-order valence-corrected chi connectivity index (χ2v) is 5.35. The van der Waals surface area contributed by atoms with Crippen LogP contribution in [0.4, 0.5) is 0 Å². The molecule has 2 rings (SSSR count). The minimum atomic E-state index is 0. The third-order valence-corrected chi connectivity index (χ3v) is 3.58. The lowest BCUT2D eigenvalue weighted by molar-refractivity contribution is 0.354. The van der Waals surface area contributed by atoms with Crippen LogP contribution in [-0.2, 0) is 12.8 Å². The fourth-order valence-electron chi connectivity index (χ4n) is 2.31. The first kappa shape index (κ1) is 22.0. The van der Waals surface area contributed by atoms with Crippen LogP contribution in [0.2, 0.25) is 0 Å². The first-order valence-electron chi connectivity index (χ1n) is 8.11. The number of methoxy groups -OCH3 is 2. The Bertz CT molecular complexity index is 705. The molecule has 0 aliphatic heterocycles. The molecule has 8 nitrogen and oxygen atoms in total. The summed E-state index contributed by atoms with van der Waals surface area (Å²) in [6.45, 7) is 3.21. The zero-order valence-electron chi connectivity index (χ0n) is 15.5. The number of benzene rings is 1. The molecule has 2 aromatic rings. The predicted octanol–water partition coefficient (Wildman–Crippen LogP) is 1.96. The SMILES string of the molecule is CN=C(NCCc1ccc(OC)c(OC)c1)NCCc1nc(C)no1.I. The van der Waals surface area contributed by atoms with E-state index in [1.807, 2.05) is 18.2 Å². The van der Waals surface area contributed by atoms with Crippen molar-refractivity contribution in [1.82, 2.24) is 20.8 Å². The minimum Gasteiger partial charge on any atom is -0.493 e. The van der Waals surface area contributed by atoms with Crippen molar-refractivity contribution in [2.45, 2.75) is 19.8 Å². The van der Waals surface area contributed by atoms with Crippen molar-refractivity contribution in [3.8, 4) is 11.5 Å². The zero-order chi connectivity index (χ0) is 18.1. The van der Waals surface area contributed by atoms with Gasteiger partial charge in [-0.05, 0) is 31.0 Å². The van der Waals surface area contributed by atoms with Gasteiger partial charge in [0.15, 0.2) is 23.3 Å². The molecule has 0 unspecified atom stereocenters. The van der Waals surface area contributed by atoms with Crippen LogP contribution < -0.4 is 20.1 Å². The molecule has 0 spiro atoms. The largest absolute Gasteiger partial charge is 0.493 e. The van der Waals surface area contributed by atoms with E-state index in [0.29, 0.717) is 24.7 Å². The Labute approximate surface area is 170 Å². The number of nitrogens with zero attached hydrogens (tertiary/aromatic N) is 3. The topological polar surface area (TPSA) is 93.8 Å². The van der Waals surface area contributed by atoms with Gasteiger partial charge in [0.1, 0.15) is 0 Å². The van der Waals surface area contributed by atoms with E-state index in [1.165, 1.54) is 0 Å². The lowest BCUT2D eigenvalue weighted by Gasteiger charge is -2.12. The van der Waals surface area contributed by atoms with E-state index in [0.717, 1.165) is 36.0 Å². The van der Waals surface area contributed by atoms with Gasteiger partial charge in [0.25, 0.3) is 0 Å². The van der Waals surface area contributed by atoms with Gasteiger partial charge < -0.3 is 24.6 Å². The molecule has 0 fully saturated rings. The molecule has 2 N–H and O–H groups in total. The van der Waals surface area contributed by atoms with E-state index in [1.54, 1.807) is 28.2 Å². The standard InChI is InChI=1S/C17H25N5O3.HI/c1-12-21-16(25-22-12)8-10-20-17(18-2)19-9-7-13-5-6-14(23-3)15(11-13)24-4;/h5-6,11H,7-10H2,1-4H3,(H2,18,19,20);1H. The molecule has 0 bridgehead atoms. The van der Waals surface area contributed by atoms with Gasteiger partial charge in [0.05, 0.1) is 14.2 Å². The average Bonchev–Trinajstić information content (AvgIpc) is 3.05. The van der Waals surface area contributed by atoms with E-state index in [9.17, 15) is 0 Å². The third kappa shape index (κ3) is 6.70. The Balaban J connectivity index is 0.00000338. The number of ether oxygens (including phenoxy) is 2. The van der Waals surface area contributed by atoms with Crippen molar-refractivity contribution in [2.75, 3.05) is 34.4 Å². The highest BCUT2D eigenvalue weighted by atomic mass is 127. The highest BCUT2D eigenvalue weighted by Gasteiger charge is 2.06. The van der Waals surface area contributed by atoms with E-state index in [4.69, 9.17) is 14.0 Å². The lowest BCUT2D eigenvalue weighted by Crippen LogP contribution is -2.39. The summed E-state index contributed by atoms with van der Waals surface area (Å²) in [5.74, 6) is 3.46. The summed E-state index contributed by atoms with van der Waals surface area (Å²) >= 11 is 0. The van der Waals surface area contributed by atoms with Crippen molar-refractivity contribution >= 4 is 29.9 Å². The van der Waals surface area contributed by atoms with Gasteiger partial charge in [0.2, 0.25) is 5.89 Å². The van der Waals surface area contributed by atoms with Gasteiger partial charge in [-0.1, -0.05) is 11.2 Å². The Hall–Kier alpha value is -2.04. The number of hydrogen-bond donors (Lipinski definition) is 2. The van der Waals surface area contributed by atoms with Crippen LogP contribution in [0.25, 0.3) is 0 Å².